The standard InChI is InChI=1S/C21H28N4O3/c1-5-28-21(27)18-14(2)19(23-15(18)3)20(26)16(4)24-10-12-25(13-11-24)17-8-6-7-9-22-17/h6-9,16,23H,5,10-13H2,1-4H3/p+2/t16-/m1/s1. The lowest BCUT2D eigenvalue weighted by Gasteiger charge is -2.31. The van der Waals surface area contributed by atoms with Crippen molar-refractivity contribution in [1.29, 1.82) is 0 Å². The number of esters is 1. The normalized spacial score (nSPS) is 16.1. The summed E-state index contributed by atoms with van der Waals surface area (Å²) in [6.07, 6.45) is 1.93. The van der Waals surface area contributed by atoms with E-state index in [2.05, 4.69) is 20.9 Å². The number of aromatic amines is 2. The van der Waals surface area contributed by atoms with Crippen molar-refractivity contribution in [3.8, 4) is 0 Å². The molecule has 1 aliphatic heterocycles. The molecule has 0 spiro atoms. The number of hydrogen-bond donors (Lipinski definition) is 2. The van der Waals surface area contributed by atoms with Crippen LogP contribution in [0.4, 0.5) is 5.82 Å². The highest BCUT2D eigenvalue weighted by molar-refractivity contribution is 6.03. The van der Waals surface area contributed by atoms with Crippen LogP contribution in [0.1, 0.15) is 46.0 Å². The van der Waals surface area contributed by atoms with E-state index in [1.54, 1.807) is 6.92 Å². The zero-order valence-corrected chi connectivity index (χ0v) is 17.1. The Morgan fingerprint density at radius 3 is 2.61 bits per heavy atom. The Labute approximate surface area is 165 Å². The molecule has 1 fully saturated rings. The number of carbonyl (C=O) groups excluding carboxylic acids is 2. The summed E-state index contributed by atoms with van der Waals surface area (Å²) in [6, 6.07) is 5.89. The van der Waals surface area contributed by atoms with Crippen LogP contribution in [0.25, 0.3) is 0 Å². The van der Waals surface area contributed by atoms with Gasteiger partial charge in [-0.1, -0.05) is 6.07 Å². The average Bonchev–Trinajstić information content (AvgIpc) is 3.02. The Morgan fingerprint density at radius 1 is 1.29 bits per heavy atom. The highest BCUT2D eigenvalue weighted by atomic mass is 16.5. The fourth-order valence-corrected chi connectivity index (χ4v) is 3.96. The Hall–Kier alpha value is -2.67. The number of rotatable bonds is 6. The number of aryl methyl sites for hydroxylation is 1. The van der Waals surface area contributed by atoms with Gasteiger partial charge in [-0.05, 0) is 39.3 Å². The predicted octanol–water partition coefficient (Wildman–Crippen LogP) is 0.599. The first-order valence-corrected chi connectivity index (χ1v) is 9.90. The van der Waals surface area contributed by atoms with Crippen molar-refractivity contribution in [3.05, 3.63) is 46.9 Å². The molecule has 28 heavy (non-hydrogen) atoms. The second-order valence-electron chi connectivity index (χ2n) is 7.32. The third kappa shape index (κ3) is 3.94. The second kappa shape index (κ2) is 8.56. The molecule has 7 heteroatoms. The van der Waals surface area contributed by atoms with E-state index in [0.717, 1.165) is 32.0 Å². The van der Waals surface area contributed by atoms with Crippen LogP contribution in [0.2, 0.25) is 0 Å². The molecule has 0 aliphatic carbocycles. The number of hydrogen-bond acceptors (Lipinski definition) is 4. The third-order valence-corrected chi connectivity index (χ3v) is 5.61. The molecule has 1 saturated heterocycles. The van der Waals surface area contributed by atoms with E-state index in [9.17, 15) is 9.59 Å². The first kappa shape index (κ1) is 20.1. The van der Waals surface area contributed by atoms with E-state index in [1.807, 2.05) is 39.1 Å². The minimum Gasteiger partial charge on any atom is -0.462 e. The summed E-state index contributed by atoms with van der Waals surface area (Å²) in [5.74, 6) is 0.779. The Bertz CT molecular complexity index is 839. The summed E-state index contributed by atoms with van der Waals surface area (Å²) >= 11 is 0. The fraction of sp³-hybridized carbons (Fsp3) is 0.476. The molecule has 1 atom stereocenters. The van der Waals surface area contributed by atoms with Crippen molar-refractivity contribution in [2.24, 2.45) is 0 Å². The van der Waals surface area contributed by atoms with Crippen LogP contribution < -0.4 is 14.8 Å². The summed E-state index contributed by atoms with van der Waals surface area (Å²) in [4.78, 5) is 35.3. The first-order valence-electron chi connectivity index (χ1n) is 9.90. The minimum atomic E-state index is -0.375. The number of ether oxygens (including phenoxy) is 1. The van der Waals surface area contributed by atoms with Gasteiger partial charge in [0.05, 0.1) is 24.1 Å². The molecule has 2 aromatic rings. The van der Waals surface area contributed by atoms with Crippen molar-refractivity contribution in [1.82, 2.24) is 4.98 Å². The summed E-state index contributed by atoms with van der Waals surface area (Å²) in [5, 5.41) is 0. The molecule has 0 amide bonds. The zero-order chi connectivity index (χ0) is 20.3. The predicted molar refractivity (Wildman–Crippen MR) is 106 cm³/mol. The Balaban J connectivity index is 1.69. The monoisotopic (exact) mass is 386 g/mol. The number of quaternary nitrogens is 1. The zero-order valence-electron chi connectivity index (χ0n) is 17.1. The Morgan fingerprint density at radius 2 is 2.00 bits per heavy atom. The van der Waals surface area contributed by atoms with Crippen LogP contribution >= 0.6 is 0 Å². The van der Waals surface area contributed by atoms with Crippen molar-refractivity contribution in [2.75, 3.05) is 37.7 Å². The van der Waals surface area contributed by atoms with E-state index in [1.165, 1.54) is 4.90 Å². The van der Waals surface area contributed by atoms with Crippen molar-refractivity contribution in [3.63, 3.8) is 0 Å². The second-order valence-corrected chi connectivity index (χ2v) is 7.32. The van der Waals surface area contributed by atoms with Crippen molar-refractivity contribution >= 4 is 17.6 Å². The molecular weight excluding hydrogens is 356 g/mol. The number of nitrogens with one attached hydrogen (secondary N) is 3. The number of piperazine rings is 1. The molecule has 150 valence electrons. The smallest absolute Gasteiger partial charge is 0.340 e. The van der Waals surface area contributed by atoms with E-state index >= 15 is 0 Å². The van der Waals surface area contributed by atoms with Gasteiger partial charge in [-0.15, -0.1) is 0 Å². The molecule has 0 bridgehead atoms. The van der Waals surface area contributed by atoms with Gasteiger partial charge in [-0.25, -0.2) is 9.78 Å². The fourth-order valence-electron chi connectivity index (χ4n) is 3.96. The third-order valence-electron chi connectivity index (χ3n) is 5.61. The quantitative estimate of drug-likeness (QED) is 0.563. The topological polar surface area (TPSA) is 81.0 Å². The lowest BCUT2D eigenvalue weighted by molar-refractivity contribution is -0.914. The molecule has 7 nitrogen and oxygen atoms in total. The summed E-state index contributed by atoms with van der Waals surface area (Å²) in [6.45, 7) is 11.3. The summed E-state index contributed by atoms with van der Waals surface area (Å²) in [5.41, 5.74) is 2.38. The van der Waals surface area contributed by atoms with Crippen molar-refractivity contribution in [2.45, 2.75) is 33.7 Å². The lowest BCUT2D eigenvalue weighted by atomic mass is 10.0. The molecule has 1 aliphatic rings. The van der Waals surface area contributed by atoms with Crippen LogP contribution in [-0.4, -0.2) is 55.6 Å². The van der Waals surface area contributed by atoms with Gasteiger partial charge >= 0.3 is 5.97 Å². The molecule has 3 heterocycles. The highest BCUT2D eigenvalue weighted by Gasteiger charge is 2.35. The maximum Gasteiger partial charge on any atom is 0.340 e. The van der Waals surface area contributed by atoms with E-state index in [4.69, 9.17) is 4.74 Å². The lowest BCUT2D eigenvalue weighted by Crippen LogP contribution is -3.18. The number of H-pyrrole nitrogens is 2. The van der Waals surface area contributed by atoms with Gasteiger partial charge < -0.3 is 14.6 Å². The first-order chi connectivity index (χ1) is 13.4. The largest absolute Gasteiger partial charge is 0.462 e. The number of anilines is 1. The van der Waals surface area contributed by atoms with Crippen LogP contribution in [0.15, 0.2) is 24.4 Å². The van der Waals surface area contributed by atoms with Gasteiger partial charge in [0, 0.05) is 11.8 Å². The number of aromatic nitrogens is 2. The molecule has 0 radical (unpaired) electrons. The Kier molecular flexibility index (Phi) is 6.14. The number of nitrogens with zero attached hydrogens (tertiary/aromatic N) is 1. The van der Waals surface area contributed by atoms with E-state index in [-0.39, 0.29) is 17.8 Å². The maximum atomic E-state index is 13.1. The van der Waals surface area contributed by atoms with Gasteiger partial charge in [0.2, 0.25) is 5.78 Å². The van der Waals surface area contributed by atoms with Crippen LogP contribution in [0.3, 0.4) is 0 Å². The van der Waals surface area contributed by atoms with Crippen LogP contribution in [0.5, 0.6) is 0 Å². The highest BCUT2D eigenvalue weighted by Crippen LogP contribution is 2.20. The number of Topliss-reactive ketones (excluding diaryl/α,β-unsaturated/α-hetero) is 1. The SMILES string of the molecule is CCOC(=O)c1c(C)[nH]c(C(=O)[C@@H](C)[NH+]2CCN(c3cccc[nH+]3)CC2)c1C. The maximum absolute atomic E-state index is 13.1. The molecule has 0 unspecified atom stereocenters. The minimum absolute atomic E-state index is 0.0471. The van der Waals surface area contributed by atoms with E-state index < -0.39 is 0 Å². The summed E-state index contributed by atoms with van der Waals surface area (Å²) < 4.78 is 5.13. The van der Waals surface area contributed by atoms with Crippen molar-refractivity contribution < 1.29 is 24.2 Å². The molecule has 0 saturated carbocycles. The molecule has 0 aromatic carbocycles. The van der Waals surface area contributed by atoms with Gasteiger partial charge in [0.15, 0.2) is 6.04 Å². The average molecular weight is 386 g/mol. The number of carbonyl (C=O) groups is 2. The molecule has 3 N–H and O–H groups in total. The van der Waals surface area contributed by atoms with Crippen LogP contribution in [-0.2, 0) is 4.74 Å². The van der Waals surface area contributed by atoms with Gasteiger partial charge in [-0.2, -0.15) is 0 Å². The van der Waals surface area contributed by atoms with E-state index in [0.29, 0.717) is 29.1 Å². The molecular formula is C21H30N4O3+2. The van der Waals surface area contributed by atoms with Crippen LogP contribution in [0, 0.1) is 13.8 Å². The molecule has 2 aromatic heterocycles. The summed E-state index contributed by atoms with van der Waals surface area (Å²) in [7, 11) is 0. The van der Waals surface area contributed by atoms with Gasteiger partial charge in [0.25, 0.3) is 5.82 Å². The van der Waals surface area contributed by atoms with Gasteiger partial charge in [-0.3, -0.25) is 9.69 Å². The number of ketones is 1. The number of pyridine rings is 1. The van der Waals surface area contributed by atoms with Gasteiger partial charge in [0.1, 0.15) is 26.2 Å². The molecule has 3 rings (SSSR count).